The molecule has 18 nitrogen and oxygen atoms in total. The maximum atomic E-state index is 12.9. The van der Waals surface area contributed by atoms with E-state index in [-0.39, 0.29) is 25.4 Å². The number of carbonyl (C=O) groups excluding carboxylic acids is 2. The van der Waals surface area contributed by atoms with Crippen molar-refractivity contribution in [3.05, 3.63) is 62.9 Å². The van der Waals surface area contributed by atoms with Crippen LogP contribution in [0.4, 0.5) is 0 Å². The second-order valence-corrected chi connectivity index (χ2v) is 9.20. The van der Waals surface area contributed by atoms with Crippen molar-refractivity contribution in [2.75, 3.05) is 26.9 Å². The van der Waals surface area contributed by atoms with Gasteiger partial charge in [-0.3, -0.25) is 9.59 Å². The maximum Gasteiger partial charge on any atom is 0.336 e. The minimum absolute atomic E-state index is 0.0262. The number of esters is 2. The van der Waals surface area contributed by atoms with Crippen molar-refractivity contribution in [1.29, 1.82) is 0 Å². The van der Waals surface area contributed by atoms with Gasteiger partial charge in [-0.25, -0.2) is 56.2 Å². The van der Waals surface area contributed by atoms with Crippen LogP contribution in [0.1, 0.15) is 26.7 Å². The van der Waals surface area contributed by atoms with Crippen LogP contribution in [0.2, 0.25) is 0 Å². The molecule has 0 spiro atoms. The Labute approximate surface area is 230 Å². The normalized spacial score (nSPS) is 11.2. The Hall–Kier alpha value is -4.32. The van der Waals surface area contributed by atoms with Crippen LogP contribution in [0, 0.1) is 5.92 Å². The molecule has 0 bridgehead atoms. The van der Waals surface area contributed by atoms with Crippen LogP contribution in [-0.2, 0) is 58.3 Å². The highest BCUT2D eigenvalue weighted by molar-refractivity contribution is 5.69. The van der Waals surface area contributed by atoms with Crippen LogP contribution in [0.25, 0.3) is 0 Å². The summed E-state index contributed by atoms with van der Waals surface area (Å²) in [7, 11) is 1.14. The number of hydrogen-bond donors (Lipinski definition) is 2. The number of aromatic nitrogens is 6. The zero-order chi connectivity index (χ0) is 30.9. The highest BCUT2D eigenvalue weighted by atomic mass is 16.5. The molecule has 0 aliphatic rings. The van der Waals surface area contributed by atoms with Crippen molar-refractivity contribution >= 4 is 11.9 Å². The number of aliphatic hydroxyl groups is 2. The summed E-state index contributed by atoms with van der Waals surface area (Å²) in [6.45, 7) is -0.300. The van der Waals surface area contributed by atoms with E-state index in [1.54, 1.807) is 13.8 Å². The summed E-state index contributed by atoms with van der Waals surface area (Å²) in [6.07, 6.45) is -0.807. The Morgan fingerprint density at radius 3 is 1.37 bits per heavy atom. The Morgan fingerprint density at radius 2 is 0.976 bits per heavy atom. The second kappa shape index (κ2) is 14.9. The summed E-state index contributed by atoms with van der Waals surface area (Å²) >= 11 is 0. The summed E-state index contributed by atoms with van der Waals surface area (Å²) in [5.41, 5.74) is -6.00. The van der Waals surface area contributed by atoms with Crippen molar-refractivity contribution in [2.45, 2.75) is 66.0 Å². The second-order valence-electron chi connectivity index (χ2n) is 9.20. The Morgan fingerprint density at radius 1 is 0.610 bits per heavy atom. The quantitative estimate of drug-likeness (QED) is 0.188. The molecular weight excluding hydrogens is 552 g/mol. The number of aliphatic hydroxyl groups excluding tert-OH is 2. The minimum atomic E-state index is -1.05. The van der Waals surface area contributed by atoms with E-state index in [0.717, 1.165) is 11.7 Å². The van der Waals surface area contributed by atoms with Gasteiger partial charge in [0.25, 0.3) is 0 Å². The van der Waals surface area contributed by atoms with Crippen molar-refractivity contribution in [3.63, 3.8) is 0 Å². The molecule has 18 heteroatoms. The summed E-state index contributed by atoms with van der Waals surface area (Å²) in [5.74, 6) is -1.74. The largest absolute Gasteiger partial charge is 0.469 e. The molecular formula is C23H34N6O12. The lowest BCUT2D eigenvalue weighted by Crippen LogP contribution is -2.55. The smallest absolute Gasteiger partial charge is 0.336 e. The lowest BCUT2D eigenvalue weighted by atomic mass is 10.2. The zero-order valence-corrected chi connectivity index (χ0v) is 23.0. The van der Waals surface area contributed by atoms with E-state index in [0.29, 0.717) is 22.8 Å². The van der Waals surface area contributed by atoms with Gasteiger partial charge in [0.15, 0.2) is 0 Å². The summed E-state index contributed by atoms with van der Waals surface area (Å²) in [4.78, 5) is 100.0. The predicted octanol–water partition coefficient (Wildman–Crippen LogP) is -4.51. The molecule has 0 saturated carbocycles. The molecule has 0 unspecified atom stereocenters. The number of carbonyl (C=O) groups is 2. The van der Waals surface area contributed by atoms with E-state index in [2.05, 4.69) is 4.74 Å². The first-order chi connectivity index (χ1) is 19.4. The third kappa shape index (κ3) is 7.88. The van der Waals surface area contributed by atoms with Gasteiger partial charge in [-0.2, -0.15) is 0 Å². The van der Waals surface area contributed by atoms with Gasteiger partial charge in [-0.15, -0.1) is 0 Å². The van der Waals surface area contributed by atoms with Crippen LogP contribution < -0.4 is 34.1 Å². The first-order valence-corrected chi connectivity index (χ1v) is 12.7. The molecule has 2 heterocycles. The molecule has 41 heavy (non-hydrogen) atoms. The van der Waals surface area contributed by atoms with Crippen molar-refractivity contribution < 1.29 is 29.3 Å². The third-order valence-electron chi connectivity index (χ3n) is 5.85. The van der Waals surface area contributed by atoms with E-state index in [4.69, 9.17) is 14.9 Å². The molecule has 2 N–H and O–H groups in total. The Kier molecular flexibility index (Phi) is 11.9. The molecule has 2 rings (SSSR count). The molecule has 0 aliphatic carbocycles. The van der Waals surface area contributed by atoms with E-state index in [1.807, 2.05) is 0 Å². The van der Waals surface area contributed by atoms with Gasteiger partial charge in [-0.1, -0.05) is 13.8 Å². The molecule has 0 aliphatic heterocycles. The monoisotopic (exact) mass is 586 g/mol. The Balaban J connectivity index is 2.25. The van der Waals surface area contributed by atoms with Crippen LogP contribution >= 0.6 is 0 Å². The summed E-state index contributed by atoms with van der Waals surface area (Å²) < 4.78 is 13.6. The van der Waals surface area contributed by atoms with Crippen molar-refractivity contribution in [1.82, 2.24) is 27.4 Å². The molecule has 0 amide bonds. The molecule has 228 valence electrons. The Bertz CT molecular complexity index is 1560. The van der Waals surface area contributed by atoms with Crippen molar-refractivity contribution in [3.8, 4) is 0 Å². The number of methoxy groups -OCH3 is 1. The number of ether oxygens (including phenoxy) is 2. The van der Waals surface area contributed by atoms with Gasteiger partial charge >= 0.3 is 46.1 Å². The average molecular weight is 587 g/mol. The van der Waals surface area contributed by atoms with Crippen LogP contribution in [-0.4, -0.2) is 76.5 Å². The number of hydrogen-bond acceptors (Lipinski definition) is 12. The fourth-order valence-electron chi connectivity index (χ4n) is 3.87. The SMILES string of the molecule is COC(=O)CCn1c(=O)n(CCC(=O)OCCn2c(=O)n(CCO)c(=O)n(CCO)c2=O)c(=O)n(CC(C)C)c1=O. The average Bonchev–Trinajstić information content (AvgIpc) is 2.92. The predicted molar refractivity (Wildman–Crippen MR) is 140 cm³/mol. The van der Waals surface area contributed by atoms with Gasteiger partial charge in [0.05, 0.1) is 52.8 Å². The maximum absolute atomic E-state index is 12.9. The summed E-state index contributed by atoms with van der Waals surface area (Å²) in [6, 6.07) is 0. The van der Waals surface area contributed by atoms with Crippen LogP contribution in [0.3, 0.4) is 0 Å². The minimum Gasteiger partial charge on any atom is -0.469 e. The number of nitrogens with zero attached hydrogens (tertiary/aromatic N) is 6. The van der Waals surface area contributed by atoms with Gasteiger partial charge in [0.1, 0.15) is 6.61 Å². The molecule has 0 fully saturated rings. The topological polar surface area (TPSA) is 225 Å². The lowest BCUT2D eigenvalue weighted by Gasteiger charge is -2.15. The molecule has 0 saturated heterocycles. The fraction of sp³-hybridized carbons (Fsp3) is 0.652. The number of rotatable bonds is 15. The van der Waals surface area contributed by atoms with Gasteiger partial charge in [0, 0.05) is 19.6 Å². The third-order valence-corrected chi connectivity index (χ3v) is 5.85. The molecule has 2 aromatic heterocycles. The van der Waals surface area contributed by atoms with E-state index >= 15 is 0 Å². The molecule has 0 aromatic carbocycles. The molecule has 0 atom stereocenters. The van der Waals surface area contributed by atoms with E-state index < -0.39 is 98.5 Å². The molecule has 2 aromatic rings. The standard InChI is InChI=1S/C23H34N6O12/c1-15(2)14-29-22(38)24(6-4-16(32)40-3)18(34)25(23(29)39)7-5-17(33)41-13-10-28-20(36)26(8-11-30)19(35)27(9-12-31)21(28)37/h15,30-31H,4-14H2,1-3H3. The van der Waals surface area contributed by atoms with Gasteiger partial charge in [-0.05, 0) is 5.92 Å². The van der Waals surface area contributed by atoms with Crippen molar-refractivity contribution in [2.24, 2.45) is 5.92 Å². The van der Waals surface area contributed by atoms with Crippen LogP contribution in [0.15, 0.2) is 28.8 Å². The fourth-order valence-corrected chi connectivity index (χ4v) is 3.87. The lowest BCUT2D eigenvalue weighted by molar-refractivity contribution is -0.144. The summed E-state index contributed by atoms with van der Waals surface area (Å²) in [5, 5.41) is 18.3. The van der Waals surface area contributed by atoms with Gasteiger partial charge in [0.2, 0.25) is 0 Å². The van der Waals surface area contributed by atoms with E-state index in [1.165, 1.54) is 0 Å². The van der Waals surface area contributed by atoms with Gasteiger partial charge < -0.3 is 19.7 Å². The highest BCUT2D eigenvalue weighted by Gasteiger charge is 2.19. The van der Waals surface area contributed by atoms with Crippen LogP contribution in [0.5, 0.6) is 0 Å². The zero-order valence-electron chi connectivity index (χ0n) is 23.0. The highest BCUT2D eigenvalue weighted by Crippen LogP contribution is 1.95. The molecule has 0 radical (unpaired) electrons. The first kappa shape index (κ1) is 32.9. The first-order valence-electron chi connectivity index (χ1n) is 12.7. The van der Waals surface area contributed by atoms with E-state index in [9.17, 15) is 38.4 Å².